The topological polar surface area (TPSA) is 38.7 Å². The molecule has 0 aromatic heterocycles. The third-order valence-electron chi connectivity index (χ3n) is 6.95. The molecule has 3 aromatic carbocycles. The van der Waals surface area contributed by atoms with Crippen LogP contribution in [0.4, 0.5) is 13.2 Å². The predicted molar refractivity (Wildman–Crippen MR) is 135 cm³/mol. The number of halogens is 3. The van der Waals surface area contributed by atoms with Crippen LogP contribution in [0.5, 0.6) is 11.5 Å². The molecule has 1 atom stereocenters. The summed E-state index contributed by atoms with van der Waals surface area (Å²) < 4.78 is 55.2. The quantitative estimate of drug-likeness (QED) is 0.311. The fourth-order valence-electron chi connectivity index (χ4n) is 4.81. The summed E-state index contributed by atoms with van der Waals surface area (Å²) in [6, 6.07) is 14.6. The maximum Gasteiger partial charge on any atom is 0.165 e. The van der Waals surface area contributed by atoms with Crippen molar-refractivity contribution >= 4 is 0 Å². The second-order valence-corrected chi connectivity index (χ2v) is 9.35. The van der Waals surface area contributed by atoms with Crippen LogP contribution in [0.15, 0.2) is 67.3 Å². The van der Waals surface area contributed by atoms with Crippen LogP contribution in [0, 0.1) is 23.4 Å². The van der Waals surface area contributed by atoms with Crippen LogP contribution in [0.2, 0.25) is 0 Å². The van der Waals surface area contributed by atoms with Gasteiger partial charge in [-0.2, -0.15) is 0 Å². The molecule has 190 valence electrons. The van der Waals surface area contributed by atoms with Crippen molar-refractivity contribution in [3.05, 3.63) is 95.8 Å². The molecule has 6 heteroatoms. The van der Waals surface area contributed by atoms with Crippen LogP contribution >= 0.6 is 0 Å². The summed E-state index contributed by atoms with van der Waals surface area (Å²) in [5, 5.41) is 9.77. The van der Waals surface area contributed by atoms with Gasteiger partial charge in [0.25, 0.3) is 0 Å². The monoisotopic (exact) mass is 496 g/mol. The highest BCUT2D eigenvalue weighted by atomic mass is 19.2. The summed E-state index contributed by atoms with van der Waals surface area (Å²) in [7, 11) is 0. The molecule has 3 aromatic rings. The lowest BCUT2D eigenvalue weighted by Crippen LogP contribution is -2.23. The molecule has 0 spiro atoms. The highest BCUT2D eigenvalue weighted by Crippen LogP contribution is 2.39. The number of aliphatic hydroxyl groups excluding tert-OH is 1. The van der Waals surface area contributed by atoms with Crippen molar-refractivity contribution in [3.8, 4) is 22.6 Å². The summed E-state index contributed by atoms with van der Waals surface area (Å²) in [6.07, 6.45) is 4.30. The molecule has 0 heterocycles. The van der Waals surface area contributed by atoms with Gasteiger partial charge in [0.15, 0.2) is 11.6 Å². The minimum Gasteiger partial charge on any atom is -0.489 e. The summed E-state index contributed by atoms with van der Waals surface area (Å²) in [6.45, 7) is 5.52. The summed E-state index contributed by atoms with van der Waals surface area (Å²) in [4.78, 5) is 0. The maximum absolute atomic E-state index is 14.9. The van der Waals surface area contributed by atoms with Crippen molar-refractivity contribution in [2.45, 2.75) is 51.2 Å². The van der Waals surface area contributed by atoms with Gasteiger partial charge in [-0.3, -0.25) is 0 Å². The number of rotatable bonds is 9. The molecule has 1 aliphatic carbocycles. The fourth-order valence-corrected chi connectivity index (χ4v) is 4.81. The predicted octanol–water partition coefficient (Wildman–Crippen LogP) is 7.57. The van der Waals surface area contributed by atoms with E-state index in [2.05, 4.69) is 6.58 Å². The first-order valence-corrected chi connectivity index (χ1v) is 12.3. The molecule has 1 aliphatic rings. The molecule has 0 aliphatic heterocycles. The normalized spacial score (nSPS) is 18.5. The third-order valence-corrected chi connectivity index (χ3v) is 6.95. The van der Waals surface area contributed by atoms with E-state index in [4.69, 9.17) is 9.47 Å². The lowest BCUT2D eigenvalue weighted by Gasteiger charge is -2.30. The summed E-state index contributed by atoms with van der Waals surface area (Å²) >= 11 is 0. The van der Waals surface area contributed by atoms with E-state index in [9.17, 15) is 18.3 Å². The number of hydrogen-bond donors (Lipinski definition) is 1. The third kappa shape index (κ3) is 5.93. The van der Waals surface area contributed by atoms with Gasteiger partial charge in [0.2, 0.25) is 0 Å². The van der Waals surface area contributed by atoms with Gasteiger partial charge in [0.1, 0.15) is 30.5 Å². The van der Waals surface area contributed by atoms with E-state index in [0.717, 1.165) is 25.7 Å². The fraction of sp³-hybridized carbons (Fsp3) is 0.333. The second kappa shape index (κ2) is 11.7. The highest BCUT2D eigenvalue weighted by molar-refractivity contribution is 5.65. The molecule has 36 heavy (non-hydrogen) atoms. The Morgan fingerprint density at radius 1 is 0.917 bits per heavy atom. The molecular formula is C30H31F3O3. The number of aliphatic hydroxyl groups is 1. The molecule has 4 rings (SSSR count). The van der Waals surface area contributed by atoms with Crippen LogP contribution in [0.25, 0.3) is 11.1 Å². The van der Waals surface area contributed by atoms with Crippen molar-refractivity contribution in [1.29, 1.82) is 0 Å². The van der Waals surface area contributed by atoms with Crippen molar-refractivity contribution < 1.29 is 27.8 Å². The van der Waals surface area contributed by atoms with E-state index >= 15 is 0 Å². The molecule has 0 amide bonds. The van der Waals surface area contributed by atoms with Crippen molar-refractivity contribution in [3.63, 3.8) is 0 Å². The van der Waals surface area contributed by atoms with Crippen LogP contribution < -0.4 is 9.47 Å². The summed E-state index contributed by atoms with van der Waals surface area (Å²) in [5.74, 6) is -1.05. The Morgan fingerprint density at radius 3 is 2.25 bits per heavy atom. The van der Waals surface area contributed by atoms with E-state index in [-0.39, 0.29) is 30.1 Å². The molecule has 1 N–H and O–H groups in total. The molecule has 0 saturated heterocycles. The van der Waals surface area contributed by atoms with Gasteiger partial charge < -0.3 is 14.6 Å². The Bertz CT molecular complexity index is 1180. The van der Waals surface area contributed by atoms with E-state index < -0.39 is 17.5 Å². The first-order chi connectivity index (χ1) is 17.4. The van der Waals surface area contributed by atoms with Crippen LogP contribution in [0.3, 0.4) is 0 Å². The van der Waals surface area contributed by atoms with Gasteiger partial charge in [-0.05, 0) is 79.8 Å². The Labute approximate surface area is 210 Å². The largest absolute Gasteiger partial charge is 0.489 e. The maximum atomic E-state index is 14.9. The van der Waals surface area contributed by atoms with Gasteiger partial charge in [-0.25, -0.2) is 13.2 Å². The zero-order chi connectivity index (χ0) is 25.7. The van der Waals surface area contributed by atoms with Crippen molar-refractivity contribution in [1.82, 2.24) is 0 Å². The number of hydrogen-bond acceptors (Lipinski definition) is 3. The van der Waals surface area contributed by atoms with Gasteiger partial charge >= 0.3 is 0 Å². The van der Waals surface area contributed by atoms with E-state index in [1.165, 1.54) is 6.07 Å². The molecule has 1 saturated carbocycles. The minimum absolute atomic E-state index is 0.0416. The second-order valence-electron chi connectivity index (χ2n) is 9.35. The molecule has 3 nitrogen and oxygen atoms in total. The average Bonchev–Trinajstić information content (AvgIpc) is 2.89. The Balaban J connectivity index is 1.39. The SMILES string of the molecule is C=CCOc1ccc(-c2ccc(OCc3ccc(C4CCC(C(C)O)CC4)c(F)c3F)cc2)c(F)c1. The van der Waals surface area contributed by atoms with Gasteiger partial charge in [0, 0.05) is 17.2 Å². The van der Waals surface area contributed by atoms with Gasteiger partial charge in [0.05, 0.1) is 6.10 Å². The van der Waals surface area contributed by atoms with Gasteiger partial charge in [-0.1, -0.05) is 36.9 Å². The zero-order valence-electron chi connectivity index (χ0n) is 20.4. The lowest BCUT2D eigenvalue weighted by atomic mass is 9.76. The number of benzene rings is 3. The smallest absolute Gasteiger partial charge is 0.165 e. The van der Waals surface area contributed by atoms with Crippen molar-refractivity contribution in [2.75, 3.05) is 6.61 Å². The van der Waals surface area contributed by atoms with E-state index in [1.54, 1.807) is 61.5 Å². The van der Waals surface area contributed by atoms with Crippen LogP contribution in [0.1, 0.15) is 49.7 Å². The standard InChI is InChI=1S/C30H31F3O3/c1-3-16-35-25-13-15-26(28(31)17-25)21-8-11-24(12-9-21)36-18-23-10-14-27(30(33)29(23)32)22-6-4-20(5-7-22)19(2)34/h3,8-15,17,19-20,22,34H,1,4-7,16,18H2,2H3. The molecular weight excluding hydrogens is 465 g/mol. The molecule has 0 radical (unpaired) electrons. The first kappa shape index (κ1) is 25.8. The Hall–Kier alpha value is -3.25. The van der Waals surface area contributed by atoms with E-state index in [0.29, 0.717) is 34.8 Å². The molecule has 0 bridgehead atoms. The number of ether oxygens (including phenoxy) is 2. The Kier molecular flexibility index (Phi) is 8.36. The highest BCUT2D eigenvalue weighted by Gasteiger charge is 2.28. The van der Waals surface area contributed by atoms with Crippen LogP contribution in [-0.4, -0.2) is 17.8 Å². The summed E-state index contributed by atoms with van der Waals surface area (Å²) in [5.41, 5.74) is 1.60. The minimum atomic E-state index is -0.886. The van der Waals surface area contributed by atoms with E-state index in [1.807, 2.05) is 0 Å². The average molecular weight is 497 g/mol. The van der Waals surface area contributed by atoms with Gasteiger partial charge in [-0.15, -0.1) is 0 Å². The Morgan fingerprint density at radius 2 is 1.61 bits per heavy atom. The van der Waals surface area contributed by atoms with Crippen molar-refractivity contribution in [2.24, 2.45) is 5.92 Å². The van der Waals surface area contributed by atoms with Crippen LogP contribution in [-0.2, 0) is 6.61 Å². The molecule has 1 fully saturated rings. The lowest BCUT2D eigenvalue weighted by molar-refractivity contribution is 0.0963. The molecule has 1 unspecified atom stereocenters. The zero-order valence-corrected chi connectivity index (χ0v) is 20.4. The first-order valence-electron chi connectivity index (χ1n) is 12.3.